The van der Waals surface area contributed by atoms with E-state index in [1.165, 1.54) is 77.0 Å². The summed E-state index contributed by atoms with van der Waals surface area (Å²) in [6.45, 7) is 4.27. The van der Waals surface area contributed by atoms with Gasteiger partial charge in [0.15, 0.2) is 6.10 Å². The summed E-state index contributed by atoms with van der Waals surface area (Å²) in [5.41, 5.74) is 0. The Hall–Kier alpha value is -3.07. The molecule has 0 heterocycles. The number of carbonyl (C=O) groups is 2. The second kappa shape index (κ2) is 48.9. The van der Waals surface area contributed by atoms with Crippen LogP contribution in [0.1, 0.15) is 206 Å². The Balaban J connectivity index is 4.07. The van der Waals surface area contributed by atoms with Crippen molar-refractivity contribution in [3.8, 4) is 0 Å². The maximum absolute atomic E-state index is 12.7. The molecule has 0 saturated carbocycles. The Labute approximate surface area is 417 Å². The quantitative estimate of drug-likeness (QED) is 0.0211. The van der Waals surface area contributed by atoms with Gasteiger partial charge < -0.3 is 18.9 Å². The maximum atomic E-state index is 12.7. The van der Waals surface area contributed by atoms with Gasteiger partial charge in [0.1, 0.15) is 19.8 Å². The monoisotopic (exact) mass is 971 g/mol. The van der Waals surface area contributed by atoms with Gasteiger partial charge in [0.2, 0.25) is 0 Å². The molecule has 2 unspecified atom stereocenters. The number of unbranched alkanes of at least 4 members (excludes halogenated alkanes) is 18. The predicted octanol–water partition coefficient (Wildman–Crippen LogP) is 16.5. The van der Waals surface area contributed by atoms with E-state index in [9.17, 15) is 19.0 Å². The average molecular weight is 971 g/mol. The Morgan fingerprint density at radius 3 is 1.25 bits per heavy atom. The van der Waals surface area contributed by atoms with Crippen LogP contribution in [0.25, 0.3) is 0 Å². The number of phosphoric ester groups is 1. The SMILES string of the molecule is CC/C=C\C/C=C\C/C=C\C/C=C\C/C=C\C/C=C\C/C=C\C/C=C\CCCCCCCCCCCCC(=O)OC(COC(=O)CCCCCCCCCCC)COP(=O)(O)OCC[N+](C)(C)C. The highest BCUT2D eigenvalue weighted by Gasteiger charge is 2.27. The molecule has 0 amide bonds. The number of carbonyl (C=O) groups excluding carboxylic acids is 2. The third kappa shape index (κ3) is 52.3. The minimum Gasteiger partial charge on any atom is -0.462 e. The van der Waals surface area contributed by atoms with Gasteiger partial charge in [-0.25, -0.2) is 4.57 Å². The van der Waals surface area contributed by atoms with Gasteiger partial charge in [-0.3, -0.25) is 18.6 Å². The van der Waals surface area contributed by atoms with Gasteiger partial charge in [0, 0.05) is 12.8 Å². The molecule has 10 heteroatoms. The lowest BCUT2D eigenvalue weighted by Gasteiger charge is -2.24. The summed E-state index contributed by atoms with van der Waals surface area (Å²) in [4.78, 5) is 35.4. The van der Waals surface area contributed by atoms with Crippen LogP contribution in [0.4, 0.5) is 0 Å². The molecule has 0 aromatic carbocycles. The van der Waals surface area contributed by atoms with Crippen molar-refractivity contribution in [3.63, 3.8) is 0 Å². The van der Waals surface area contributed by atoms with Crippen LogP contribution in [0.15, 0.2) is 97.2 Å². The second-order valence-electron chi connectivity index (χ2n) is 18.9. The van der Waals surface area contributed by atoms with Crippen molar-refractivity contribution in [2.45, 2.75) is 213 Å². The number of ether oxygens (including phenoxy) is 2. The Morgan fingerprint density at radius 1 is 0.471 bits per heavy atom. The van der Waals surface area contributed by atoms with Gasteiger partial charge in [0.25, 0.3) is 0 Å². The van der Waals surface area contributed by atoms with Crippen LogP contribution in [-0.2, 0) is 32.7 Å². The highest BCUT2D eigenvalue weighted by molar-refractivity contribution is 7.47. The van der Waals surface area contributed by atoms with Gasteiger partial charge in [-0.1, -0.05) is 214 Å². The van der Waals surface area contributed by atoms with Gasteiger partial charge in [-0.2, -0.15) is 0 Å². The molecule has 0 aromatic heterocycles. The maximum Gasteiger partial charge on any atom is 0.472 e. The summed E-state index contributed by atoms with van der Waals surface area (Å²) in [5.74, 6) is -0.809. The van der Waals surface area contributed by atoms with Crippen LogP contribution in [0.3, 0.4) is 0 Å². The van der Waals surface area contributed by atoms with Crippen molar-refractivity contribution >= 4 is 19.8 Å². The number of quaternary nitrogens is 1. The van der Waals surface area contributed by atoms with E-state index in [-0.39, 0.29) is 32.0 Å². The zero-order valence-corrected chi connectivity index (χ0v) is 45.0. The first-order valence-electron chi connectivity index (χ1n) is 27.0. The summed E-state index contributed by atoms with van der Waals surface area (Å²) >= 11 is 0. The molecule has 2 atom stereocenters. The Bertz CT molecular complexity index is 1470. The minimum atomic E-state index is -4.38. The number of likely N-dealkylation sites (N-methyl/N-ethyl adjacent to an activating group) is 1. The van der Waals surface area contributed by atoms with E-state index in [0.717, 1.165) is 96.3 Å². The van der Waals surface area contributed by atoms with Gasteiger partial charge >= 0.3 is 19.8 Å². The number of hydrogen-bond acceptors (Lipinski definition) is 7. The molecule has 0 aliphatic carbocycles. The molecule has 0 spiro atoms. The highest BCUT2D eigenvalue weighted by atomic mass is 31.2. The van der Waals surface area contributed by atoms with Gasteiger partial charge in [0.05, 0.1) is 27.7 Å². The van der Waals surface area contributed by atoms with Crippen molar-refractivity contribution in [1.82, 2.24) is 0 Å². The lowest BCUT2D eigenvalue weighted by molar-refractivity contribution is -0.870. The standard InChI is InChI=1S/C58H100NO8P/c1-6-8-10-12-14-16-17-18-19-20-21-22-23-24-25-26-27-28-29-30-31-32-33-34-35-36-37-38-39-40-41-43-45-47-49-51-58(61)67-56(55-66-68(62,63)65-53-52-59(3,4)5)54-64-57(60)50-48-46-44-42-15-13-11-9-7-2/h8,10,14,16,18-19,21-22,24-25,27-28,30-31,33-34,56H,6-7,9,11-13,15,17,20,23,26,29,32,35-55H2,1-5H3/p+1/b10-8-,16-14-,19-18-,22-21-,25-24-,28-27-,31-30-,34-33-. The molecule has 0 aromatic rings. The van der Waals surface area contributed by atoms with Crippen LogP contribution in [0.5, 0.6) is 0 Å². The van der Waals surface area contributed by atoms with E-state index in [4.69, 9.17) is 18.5 Å². The smallest absolute Gasteiger partial charge is 0.462 e. The highest BCUT2D eigenvalue weighted by Crippen LogP contribution is 2.43. The van der Waals surface area contributed by atoms with Gasteiger partial charge in [-0.15, -0.1) is 0 Å². The van der Waals surface area contributed by atoms with Crippen LogP contribution < -0.4 is 0 Å². The van der Waals surface area contributed by atoms with Crippen molar-refractivity contribution in [3.05, 3.63) is 97.2 Å². The van der Waals surface area contributed by atoms with Crippen LogP contribution >= 0.6 is 7.82 Å². The molecular weight excluding hydrogens is 870 g/mol. The average Bonchev–Trinajstić information content (AvgIpc) is 3.30. The Morgan fingerprint density at radius 2 is 0.838 bits per heavy atom. The summed E-state index contributed by atoms with van der Waals surface area (Å²) in [6, 6.07) is 0. The lowest BCUT2D eigenvalue weighted by Crippen LogP contribution is -2.37. The third-order valence-electron chi connectivity index (χ3n) is 11.1. The normalized spacial score (nSPS) is 14.1. The fourth-order valence-corrected chi connectivity index (χ4v) is 7.71. The molecule has 0 aliphatic heterocycles. The number of phosphoric acid groups is 1. The summed E-state index contributed by atoms with van der Waals surface area (Å²) in [5, 5.41) is 0. The van der Waals surface area contributed by atoms with Crippen molar-refractivity contribution in [2.75, 3.05) is 47.5 Å². The molecule has 9 nitrogen and oxygen atoms in total. The van der Waals surface area contributed by atoms with Crippen LogP contribution in [-0.4, -0.2) is 74.9 Å². The number of nitrogens with zero attached hydrogens (tertiary/aromatic N) is 1. The van der Waals surface area contributed by atoms with E-state index in [1.807, 2.05) is 21.1 Å². The van der Waals surface area contributed by atoms with Crippen molar-refractivity contribution in [2.24, 2.45) is 0 Å². The first-order chi connectivity index (χ1) is 33.0. The topological polar surface area (TPSA) is 108 Å². The summed E-state index contributed by atoms with van der Waals surface area (Å²) in [6.07, 6.45) is 66.3. The summed E-state index contributed by atoms with van der Waals surface area (Å²) < 4.78 is 34.3. The number of hydrogen-bond donors (Lipinski definition) is 1. The molecule has 0 aliphatic rings. The predicted molar refractivity (Wildman–Crippen MR) is 288 cm³/mol. The fourth-order valence-electron chi connectivity index (χ4n) is 6.97. The molecule has 1 N–H and O–H groups in total. The van der Waals surface area contributed by atoms with E-state index in [2.05, 4.69) is 111 Å². The summed E-state index contributed by atoms with van der Waals surface area (Å²) in [7, 11) is 1.47. The van der Waals surface area contributed by atoms with E-state index < -0.39 is 26.5 Å². The zero-order valence-electron chi connectivity index (χ0n) is 44.1. The first-order valence-corrected chi connectivity index (χ1v) is 28.5. The minimum absolute atomic E-state index is 0.0278. The molecule has 68 heavy (non-hydrogen) atoms. The second-order valence-corrected chi connectivity index (χ2v) is 20.3. The van der Waals surface area contributed by atoms with Crippen LogP contribution in [0, 0.1) is 0 Å². The van der Waals surface area contributed by atoms with Crippen molar-refractivity contribution < 1.29 is 42.1 Å². The fraction of sp³-hybridized carbons (Fsp3) is 0.690. The largest absolute Gasteiger partial charge is 0.472 e. The lowest BCUT2D eigenvalue weighted by atomic mass is 10.0. The number of allylic oxidation sites excluding steroid dienone is 16. The molecule has 390 valence electrons. The number of rotatable bonds is 48. The molecular formula is C58H101NO8P+. The molecule has 0 fully saturated rings. The molecule has 0 saturated heterocycles. The van der Waals surface area contributed by atoms with Crippen molar-refractivity contribution in [1.29, 1.82) is 0 Å². The zero-order chi connectivity index (χ0) is 49.9. The van der Waals surface area contributed by atoms with E-state index >= 15 is 0 Å². The molecule has 0 rings (SSSR count). The molecule has 0 radical (unpaired) electrons. The molecule has 0 bridgehead atoms. The number of esters is 2. The van der Waals surface area contributed by atoms with Gasteiger partial charge in [-0.05, 0) is 77.0 Å². The first kappa shape index (κ1) is 64.9. The van der Waals surface area contributed by atoms with E-state index in [1.54, 1.807) is 0 Å². The van der Waals surface area contributed by atoms with E-state index in [0.29, 0.717) is 17.4 Å². The Kier molecular flexibility index (Phi) is 46.7. The third-order valence-corrected chi connectivity index (χ3v) is 12.1. The van der Waals surface area contributed by atoms with Crippen LogP contribution in [0.2, 0.25) is 0 Å².